The molecule has 0 radical (unpaired) electrons. The Bertz CT molecular complexity index is 469. The Balaban J connectivity index is 2.21. The largest absolute Gasteiger partial charge is 0.497 e. The fourth-order valence-corrected chi connectivity index (χ4v) is 1.48. The zero-order valence-electron chi connectivity index (χ0n) is 12.4. The number of esters is 2. The Morgan fingerprint density at radius 2 is 1.68 bits per heavy atom. The highest BCUT2D eigenvalue weighted by atomic mass is 16.5. The highest BCUT2D eigenvalue weighted by Gasteiger charge is 2.11. The van der Waals surface area contributed by atoms with Gasteiger partial charge in [0.25, 0.3) is 0 Å². The lowest BCUT2D eigenvalue weighted by Crippen LogP contribution is -2.22. The number of hydrogen-bond acceptors (Lipinski definition) is 7. The van der Waals surface area contributed by atoms with Gasteiger partial charge in [-0.2, -0.15) is 0 Å². The van der Waals surface area contributed by atoms with Gasteiger partial charge in [0.15, 0.2) is 0 Å². The molecular weight excluding hydrogens is 292 g/mol. The van der Waals surface area contributed by atoms with Gasteiger partial charge in [0.2, 0.25) is 0 Å². The number of hydrogen-bond donors (Lipinski definition) is 2. The number of rotatable bonds is 9. The lowest BCUT2D eigenvalue weighted by atomic mass is 10.2. The molecule has 0 bridgehead atoms. The number of benzene rings is 1. The first-order valence-electron chi connectivity index (χ1n) is 6.78. The second-order valence-corrected chi connectivity index (χ2v) is 4.53. The molecule has 0 saturated heterocycles. The Morgan fingerprint density at radius 1 is 1.09 bits per heavy atom. The van der Waals surface area contributed by atoms with Crippen molar-refractivity contribution in [3.05, 3.63) is 29.8 Å². The number of aliphatic hydroxyl groups excluding tert-OH is 2. The van der Waals surface area contributed by atoms with Gasteiger partial charge in [-0.15, -0.1) is 0 Å². The van der Waals surface area contributed by atoms with Crippen LogP contribution in [0.1, 0.15) is 18.4 Å². The van der Waals surface area contributed by atoms with Gasteiger partial charge in [-0.25, -0.2) is 0 Å². The van der Waals surface area contributed by atoms with Crippen molar-refractivity contribution in [1.29, 1.82) is 0 Å². The number of methoxy groups -OCH3 is 1. The van der Waals surface area contributed by atoms with Crippen LogP contribution < -0.4 is 4.74 Å². The maximum Gasteiger partial charge on any atom is 0.306 e. The molecule has 0 saturated carbocycles. The molecule has 0 fully saturated rings. The van der Waals surface area contributed by atoms with Crippen LogP contribution in [0.5, 0.6) is 5.75 Å². The van der Waals surface area contributed by atoms with Crippen LogP contribution in [0.25, 0.3) is 0 Å². The van der Waals surface area contributed by atoms with Crippen molar-refractivity contribution < 1.29 is 34.0 Å². The van der Waals surface area contributed by atoms with Crippen LogP contribution in [-0.2, 0) is 25.7 Å². The molecule has 0 aliphatic heterocycles. The number of ether oxygens (including phenoxy) is 3. The van der Waals surface area contributed by atoms with E-state index in [4.69, 9.17) is 19.7 Å². The van der Waals surface area contributed by atoms with Gasteiger partial charge in [0.1, 0.15) is 25.1 Å². The van der Waals surface area contributed by atoms with Crippen molar-refractivity contribution >= 4 is 11.9 Å². The van der Waals surface area contributed by atoms with E-state index in [1.807, 2.05) is 0 Å². The van der Waals surface area contributed by atoms with E-state index in [-0.39, 0.29) is 26.1 Å². The molecule has 0 aliphatic carbocycles. The van der Waals surface area contributed by atoms with Gasteiger partial charge < -0.3 is 24.4 Å². The minimum absolute atomic E-state index is 0.107. The van der Waals surface area contributed by atoms with Crippen LogP contribution in [0.2, 0.25) is 0 Å². The molecule has 0 aliphatic rings. The summed E-state index contributed by atoms with van der Waals surface area (Å²) in [4.78, 5) is 22.8. The topological polar surface area (TPSA) is 102 Å². The molecule has 0 unspecified atom stereocenters. The Kier molecular flexibility index (Phi) is 7.95. The van der Waals surface area contributed by atoms with Gasteiger partial charge >= 0.3 is 11.9 Å². The highest BCUT2D eigenvalue weighted by molar-refractivity contribution is 5.77. The van der Waals surface area contributed by atoms with E-state index in [1.165, 1.54) is 0 Å². The summed E-state index contributed by atoms with van der Waals surface area (Å²) in [5.41, 5.74) is 0.808. The third kappa shape index (κ3) is 7.05. The van der Waals surface area contributed by atoms with Crippen LogP contribution in [-0.4, -0.2) is 48.6 Å². The van der Waals surface area contributed by atoms with Crippen LogP contribution >= 0.6 is 0 Å². The van der Waals surface area contributed by atoms with Gasteiger partial charge in [-0.05, 0) is 17.7 Å². The van der Waals surface area contributed by atoms with E-state index in [0.717, 1.165) is 5.56 Å². The first-order chi connectivity index (χ1) is 10.5. The SMILES string of the molecule is COc1ccc(COC(=O)CCC(=O)OC[C@H](O)CO)cc1. The monoisotopic (exact) mass is 312 g/mol. The molecule has 2 N–H and O–H groups in total. The molecule has 0 heterocycles. The van der Waals surface area contributed by atoms with Gasteiger partial charge in [-0.1, -0.05) is 12.1 Å². The average molecular weight is 312 g/mol. The molecule has 0 amide bonds. The quantitative estimate of drug-likeness (QED) is 0.637. The zero-order chi connectivity index (χ0) is 16.4. The summed E-state index contributed by atoms with van der Waals surface area (Å²) in [7, 11) is 1.56. The van der Waals surface area contributed by atoms with E-state index < -0.39 is 24.6 Å². The summed E-state index contributed by atoms with van der Waals surface area (Å²) in [6.07, 6.45) is -1.35. The molecule has 1 aromatic carbocycles. The average Bonchev–Trinajstić information content (AvgIpc) is 2.56. The molecule has 0 spiro atoms. The van der Waals surface area contributed by atoms with Crippen molar-refractivity contribution in [3.8, 4) is 5.75 Å². The summed E-state index contributed by atoms with van der Waals surface area (Å²) in [5, 5.41) is 17.6. The van der Waals surface area contributed by atoms with Crippen molar-refractivity contribution in [2.45, 2.75) is 25.6 Å². The predicted octanol–water partition coefficient (Wildman–Crippen LogP) is 0.415. The third-order valence-corrected chi connectivity index (χ3v) is 2.74. The standard InChI is InChI=1S/C15H20O7/c1-20-13-4-2-11(3-5-13)9-21-14(18)6-7-15(19)22-10-12(17)8-16/h2-5,12,16-17H,6-10H2,1H3/t12-/m1/s1. The first-order valence-corrected chi connectivity index (χ1v) is 6.78. The minimum atomic E-state index is -1.11. The molecule has 1 aromatic rings. The molecule has 1 rings (SSSR count). The van der Waals surface area contributed by atoms with Crippen LogP contribution in [0.4, 0.5) is 0 Å². The minimum Gasteiger partial charge on any atom is -0.497 e. The van der Waals surface area contributed by atoms with E-state index in [1.54, 1.807) is 31.4 Å². The summed E-state index contributed by atoms with van der Waals surface area (Å²) in [6, 6.07) is 7.06. The van der Waals surface area contributed by atoms with Crippen molar-refractivity contribution in [1.82, 2.24) is 0 Å². The van der Waals surface area contributed by atoms with Crippen LogP contribution in [0.3, 0.4) is 0 Å². The lowest BCUT2D eigenvalue weighted by molar-refractivity contribution is -0.153. The van der Waals surface area contributed by atoms with Crippen molar-refractivity contribution in [2.75, 3.05) is 20.3 Å². The lowest BCUT2D eigenvalue weighted by Gasteiger charge is -2.08. The second-order valence-electron chi connectivity index (χ2n) is 4.53. The smallest absolute Gasteiger partial charge is 0.306 e. The maximum absolute atomic E-state index is 11.5. The van der Waals surface area contributed by atoms with Gasteiger partial charge in [0, 0.05) is 0 Å². The summed E-state index contributed by atoms with van der Waals surface area (Å²) >= 11 is 0. The van der Waals surface area contributed by atoms with Crippen molar-refractivity contribution in [2.24, 2.45) is 0 Å². The van der Waals surface area contributed by atoms with Gasteiger partial charge in [-0.3, -0.25) is 9.59 Å². The summed E-state index contributed by atoms with van der Waals surface area (Å²) in [5.74, 6) is -0.438. The fourth-order valence-electron chi connectivity index (χ4n) is 1.48. The van der Waals surface area contributed by atoms with E-state index in [2.05, 4.69) is 4.74 Å². The second kappa shape index (κ2) is 9.75. The Morgan fingerprint density at radius 3 is 2.23 bits per heavy atom. The summed E-state index contributed by atoms with van der Waals surface area (Å²) in [6.45, 7) is -0.672. The third-order valence-electron chi connectivity index (χ3n) is 2.74. The fraction of sp³-hybridized carbons (Fsp3) is 0.467. The number of carbonyl (C=O) groups is 2. The molecule has 1 atom stereocenters. The van der Waals surface area contributed by atoms with E-state index in [9.17, 15) is 9.59 Å². The molecule has 122 valence electrons. The summed E-state index contributed by atoms with van der Waals surface area (Å²) < 4.78 is 14.7. The predicted molar refractivity (Wildman–Crippen MR) is 76.1 cm³/mol. The number of aliphatic hydroxyl groups is 2. The Hall–Kier alpha value is -2.12. The molecular formula is C15H20O7. The zero-order valence-corrected chi connectivity index (χ0v) is 12.4. The first kappa shape index (κ1) is 17.9. The molecule has 22 heavy (non-hydrogen) atoms. The van der Waals surface area contributed by atoms with E-state index in [0.29, 0.717) is 5.75 Å². The highest BCUT2D eigenvalue weighted by Crippen LogP contribution is 2.12. The normalized spacial score (nSPS) is 11.6. The van der Waals surface area contributed by atoms with Crippen LogP contribution in [0.15, 0.2) is 24.3 Å². The number of carbonyl (C=O) groups excluding carboxylic acids is 2. The van der Waals surface area contributed by atoms with Crippen LogP contribution in [0, 0.1) is 0 Å². The molecule has 7 nitrogen and oxygen atoms in total. The molecule has 7 heteroatoms. The maximum atomic E-state index is 11.5. The van der Waals surface area contributed by atoms with E-state index >= 15 is 0 Å². The molecule has 0 aromatic heterocycles. The Labute approximate surface area is 128 Å². The van der Waals surface area contributed by atoms with Crippen molar-refractivity contribution in [3.63, 3.8) is 0 Å². The van der Waals surface area contributed by atoms with Gasteiger partial charge in [0.05, 0.1) is 26.6 Å².